The van der Waals surface area contributed by atoms with Crippen molar-refractivity contribution in [3.05, 3.63) is 0 Å². The van der Waals surface area contributed by atoms with Crippen LogP contribution < -0.4 is 0 Å². The summed E-state index contributed by atoms with van der Waals surface area (Å²) in [5.74, 6) is 42.2. The van der Waals surface area contributed by atoms with Crippen LogP contribution in [0.2, 0.25) is 0 Å². The molecule has 196 valence electrons. The van der Waals surface area contributed by atoms with Gasteiger partial charge in [0, 0.05) is 0 Å². The van der Waals surface area contributed by atoms with E-state index in [1.807, 2.05) is 12.8 Å². The number of hydrogen-bond donors (Lipinski definition) is 0. The van der Waals surface area contributed by atoms with Crippen LogP contribution in [0, 0.1) is 206 Å². The van der Waals surface area contributed by atoms with Gasteiger partial charge in [0.2, 0.25) is 0 Å². The molecule has 20 aliphatic carbocycles. The summed E-state index contributed by atoms with van der Waals surface area (Å²) in [5.41, 5.74) is 2.99. The lowest BCUT2D eigenvalue weighted by Crippen LogP contribution is -3.00. The Labute approximate surface area is 230 Å². The van der Waals surface area contributed by atoms with Gasteiger partial charge in [-0.2, -0.15) is 0 Å². The van der Waals surface area contributed by atoms with Gasteiger partial charge < -0.3 is 0 Å². The average Bonchev–Trinajstić information content (AvgIpc) is 3.16. The summed E-state index contributed by atoms with van der Waals surface area (Å²) in [7, 11) is 0. The highest BCUT2D eigenvalue weighted by molar-refractivity contribution is 5.55. The summed E-state index contributed by atoms with van der Waals surface area (Å²) in [6, 6.07) is 0. The van der Waals surface area contributed by atoms with Gasteiger partial charge >= 0.3 is 0 Å². The maximum absolute atomic E-state index is 1.84. The number of fused-ring (bicyclic) bond motifs is 16. The molecular weight excluding hydrogens is 468 g/mol. The Kier molecular flexibility index (Phi) is 1.60. The van der Waals surface area contributed by atoms with Gasteiger partial charge in [0.15, 0.2) is 0 Å². The van der Waals surface area contributed by atoms with E-state index in [1.54, 1.807) is 12.8 Å². The Morgan fingerprint density at radius 1 is 0.256 bits per heavy atom. The summed E-state index contributed by atoms with van der Waals surface area (Å²) in [6.45, 7) is 0. The molecular formula is C39H40. The lowest BCUT2D eigenvalue weighted by atomic mass is 9.01. The minimum atomic E-state index is 0.998. The fourth-order valence-electron chi connectivity index (χ4n) is 28.0. The Hall–Kier alpha value is 0. The molecule has 0 heteroatoms. The van der Waals surface area contributed by atoms with Crippen LogP contribution in [-0.4, -0.2) is 0 Å². The van der Waals surface area contributed by atoms with Crippen molar-refractivity contribution in [2.24, 2.45) is 206 Å². The molecule has 0 amide bonds. The van der Waals surface area contributed by atoms with Crippen molar-refractivity contribution in [1.82, 2.24) is 0 Å². The smallest absolute Gasteiger partial charge is 0.0162 e. The van der Waals surface area contributed by atoms with Crippen LogP contribution >= 0.6 is 0 Å². The molecule has 20 saturated carbocycles. The molecule has 0 heterocycles. The molecule has 0 aromatic carbocycles. The van der Waals surface area contributed by atoms with E-state index in [0.29, 0.717) is 0 Å². The number of hydrogen-bond acceptors (Lipinski definition) is 0. The molecule has 20 fully saturated rings. The summed E-state index contributed by atoms with van der Waals surface area (Å²) in [4.78, 5) is 0. The fourth-order valence-corrected chi connectivity index (χ4v) is 28.0. The minimum absolute atomic E-state index is 0.998. The van der Waals surface area contributed by atoms with Crippen LogP contribution in [0.25, 0.3) is 0 Å². The van der Waals surface area contributed by atoms with Crippen molar-refractivity contribution in [2.75, 3.05) is 0 Å². The normalized spacial score (nSPS) is 106. The van der Waals surface area contributed by atoms with E-state index in [1.165, 1.54) is 189 Å². The van der Waals surface area contributed by atoms with Gasteiger partial charge in [0.05, 0.1) is 0 Å². The third kappa shape index (κ3) is 0.855. The van der Waals surface area contributed by atoms with Crippen LogP contribution in [0.3, 0.4) is 0 Å². The van der Waals surface area contributed by atoms with Gasteiger partial charge in [0.1, 0.15) is 0 Å². The highest BCUT2D eigenvalue weighted by atomic mass is 15.1. The Morgan fingerprint density at radius 3 is 1.05 bits per heavy atom. The molecule has 0 aromatic heterocycles. The standard InChI is InChI=1S/C39H40/c1-5-3-9-27-10-4-6-2-8-12(6)18-14(8)20-29(18)38(10)31(20)22-16-24(33(22)38)35-26(16)36-25-15-21-30-19-13-7(1)11(5)17(13)28(19)37(9,30)32(21)23(15)34(25)39(27,35)36/h5-36H,1-4H2. The first-order valence-electron chi connectivity index (χ1n) is 19.4. The predicted octanol–water partition coefficient (Wildman–Crippen LogP) is 5.50. The highest BCUT2D eigenvalue weighted by Gasteiger charge is 3.08. The molecule has 0 saturated heterocycles. The topological polar surface area (TPSA) is 0 Å². The van der Waals surface area contributed by atoms with Gasteiger partial charge in [-0.25, -0.2) is 0 Å². The Bertz CT molecular complexity index is 1510. The zero-order valence-electron chi connectivity index (χ0n) is 22.8. The van der Waals surface area contributed by atoms with Crippen LogP contribution in [0.5, 0.6) is 0 Å². The van der Waals surface area contributed by atoms with Gasteiger partial charge in [-0.15, -0.1) is 0 Å². The molecule has 0 nitrogen and oxygen atoms in total. The second-order valence-corrected chi connectivity index (χ2v) is 22.5. The molecule has 0 bridgehead atoms. The van der Waals surface area contributed by atoms with Crippen LogP contribution in [0.15, 0.2) is 0 Å². The Morgan fingerprint density at radius 2 is 0.615 bits per heavy atom. The van der Waals surface area contributed by atoms with E-state index >= 15 is 0 Å². The first kappa shape index (κ1) is 16.7. The summed E-state index contributed by atoms with van der Waals surface area (Å²) in [6.07, 6.45) is 7.20. The molecule has 0 aliphatic heterocycles. The lowest BCUT2D eigenvalue weighted by Gasteiger charge is -3.03. The number of rotatable bonds is 0. The first-order chi connectivity index (χ1) is 19.4. The van der Waals surface area contributed by atoms with Gasteiger partial charge in [0.25, 0.3) is 0 Å². The highest BCUT2D eigenvalue weighted by Crippen LogP contribution is 3.11. The molecule has 0 aromatic rings. The van der Waals surface area contributed by atoms with Crippen molar-refractivity contribution < 1.29 is 0 Å². The average molecular weight is 509 g/mol. The van der Waals surface area contributed by atoms with Gasteiger partial charge in [-0.05, 0) is 231 Å². The molecule has 32 unspecified atom stereocenters. The Balaban J connectivity index is 0.939. The van der Waals surface area contributed by atoms with Crippen molar-refractivity contribution in [3.63, 3.8) is 0 Å². The van der Waals surface area contributed by atoms with E-state index in [4.69, 9.17) is 0 Å². The van der Waals surface area contributed by atoms with Gasteiger partial charge in [-0.3, -0.25) is 0 Å². The van der Waals surface area contributed by atoms with E-state index in [0.717, 1.165) is 16.2 Å². The van der Waals surface area contributed by atoms with Crippen LogP contribution in [-0.2, 0) is 0 Å². The SMILES string of the molecule is C1C2CC3C4C5CC6CC7C6C6C7C7C6C56C7C5C7C(C56)C5C7C6C7C8C9C%10C%11C%12C1C2C%12C%11C3%10C9C8C7C564. The van der Waals surface area contributed by atoms with Gasteiger partial charge in [-0.1, -0.05) is 0 Å². The van der Waals surface area contributed by atoms with E-state index in [9.17, 15) is 0 Å². The quantitative estimate of drug-likeness (QED) is 0.406. The summed E-state index contributed by atoms with van der Waals surface area (Å²) < 4.78 is 0. The summed E-state index contributed by atoms with van der Waals surface area (Å²) >= 11 is 0. The van der Waals surface area contributed by atoms with E-state index in [2.05, 4.69) is 0 Å². The summed E-state index contributed by atoms with van der Waals surface area (Å²) in [5, 5.41) is 0. The zero-order chi connectivity index (χ0) is 22.8. The second-order valence-electron chi connectivity index (χ2n) is 22.5. The largest absolute Gasteiger partial charge is 0.0467 e. The van der Waals surface area contributed by atoms with Crippen molar-refractivity contribution >= 4 is 0 Å². The fraction of sp³-hybridized carbons (Fsp3) is 1.00. The zero-order valence-corrected chi connectivity index (χ0v) is 22.8. The van der Waals surface area contributed by atoms with Crippen LogP contribution in [0.4, 0.5) is 0 Å². The first-order valence-corrected chi connectivity index (χ1v) is 19.4. The minimum Gasteiger partial charge on any atom is -0.0467 e. The predicted molar refractivity (Wildman–Crippen MR) is 137 cm³/mol. The van der Waals surface area contributed by atoms with Crippen molar-refractivity contribution in [1.29, 1.82) is 0 Å². The molecule has 3 spiro atoms. The molecule has 20 rings (SSSR count). The van der Waals surface area contributed by atoms with E-state index < -0.39 is 0 Å². The van der Waals surface area contributed by atoms with Crippen molar-refractivity contribution in [2.45, 2.75) is 25.7 Å². The third-order valence-corrected chi connectivity index (χ3v) is 26.1. The maximum atomic E-state index is 1.84. The molecule has 0 radical (unpaired) electrons. The molecule has 39 heavy (non-hydrogen) atoms. The second kappa shape index (κ2) is 3.74. The maximum Gasteiger partial charge on any atom is -0.0162 e. The van der Waals surface area contributed by atoms with Crippen molar-refractivity contribution in [3.8, 4) is 0 Å². The monoisotopic (exact) mass is 508 g/mol. The lowest BCUT2D eigenvalue weighted by molar-refractivity contribution is -0.564. The van der Waals surface area contributed by atoms with Crippen LogP contribution in [0.1, 0.15) is 25.7 Å². The third-order valence-electron chi connectivity index (χ3n) is 26.1. The van der Waals surface area contributed by atoms with E-state index in [-0.39, 0.29) is 0 Å². The molecule has 0 N–H and O–H groups in total. The molecule has 20 aliphatic rings. The molecule has 32 atom stereocenters.